The Morgan fingerprint density at radius 2 is 1.95 bits per heavy atom. The van der Waals surface area contributed by atoms with E-state index in [2.05, 4.69) is 9.82 Å². The lowest BCUT2D eigenvalue weighted by Crippen LogP contribution is -2.45. The van der Waals surface area contributed by atoms with Crippen LogP contribution in [-0.4, -0.2) is 35.3 Å². The van der Waals surface area contributed by atoms with Crippen LogP contribution in [0.3, 0.4) is 0 Å². The predicted octanol–water partition coefficient (Wildman–Crippen LogP) is 1.30. The molecule has 8 heteroatoms. The van der Waals surface area contributed by atoms with Gasteiger partial charge < -0.3 is 5.11 Å². The van der Waals surface area contributed by atoms with E-state index in [-0.39, 0.29) is 10.8 Å². The molecule has 1 rings (SSSR count). The van der Waals surface area contributed by atoms with E-state index in [4.69, 9.17) is 0 Å². The van der Waals surface area contributed by atoms with Crippen LogP contribution >= 0.6 is 0 Å². The molecule has 0 saturated heterocycles. The molecule has 0 bridgehead atoms. The molecule has 120 valence electrons. The van der Waals surface area contributed by atoms with Gasteiger partial charge in [0.2, 0.25) is 10.0 Å². The van der Waals surface area contributed by atoms with Gasteiger partial charge in [-0.2, -0.15) is 9.82 Å². The molecule has 0 aliphatic rings. The van der Waals surface area contributed by atoms with E-state index in [0.29, 0.717) is 24.4 Å². The number of carboxylic acids is 1. The zero-order valence-electron chi connectivity index (χ0n) is 13.0. The summed E-state index contributed by atoms with van der Waals surface area (Å²) in [6.07, 6.45) is 0.561. The first-order valence-corrected chi connectivity index (χ1v) is 8.43. The molecule has 0 amide bonds. The maximum absolute atomic E-state index is 12.5. The summed E-state index contributed by atoms with van der Waals surface area (Å²) < 4.78 is 28.9. The molecule has 0 aromatic carbocycles. The van der Waals surface area contributed by atoms with Crippen molar-refractivity contribution in [3.05, 3.63) is 11.4 Å². The van der Waals surface area contributed by atoms with Crippen molar-refractivity contribution in [1.29, 1.82) is 0 Å². The molecule has 1 aromatic heterocycles. The minimum absolute atomic E-state index is 0.0684. The van der Waals surface area contributed by atoms with Gasteiger partial charge in [-0.1, -0.05) is 20.3 Å². The molecule has 0 radical (unpaired) electrons. The van der Waals surface area contributed by atoms with Gasteiger partial charge in [-0.3, -0.25) is 9.48 Å². The standard InChI is InChI=1S/C13H23N3O4S/c1-6-8(3)11(13(17)18)15-21(19,20)12-9(4)14-16(7-2)10(12)5/h8,11,15H,6-7H2,1-5H3,(H,17,18). The number of nitrogens with zero attached hydrogens (tertiary/aromatic N) is 2. The summed E-state index contributed by atoms with van der Waals surface area (Å²) in [6, 6.07) is -1.15. The van der Waals surface area contributed by atoms with Crippen LogP contribution in [0.4, 0.5) is 0 Å². The highest BCUT2D eigenvalue weighted by atomic mass is 32.2. The zero-order chi connectivity index (χ0) is 16.4. The van der Waals surface area contributed by atoms with Crippen molar-refractivity contribution in [1.82, 2.24) is 14.5 Å². The first kappa shape index (κ1) is 17.6. The Morgan fingerprint density at radius 3 is 2.33 bits per heavy atom. The number of sulfonamides is 1. The van der Waals surface area contributed by atoms with Gasteiger partial charge in [-0.15, -0.1) is 0 Å². The number of rotatable bonds is 7. The summed E-state index contributed by atoms with van der Waals surface area (Å²) >= 11 is 0. The Morgan fingerprint density at radius 1 is 1.38 bits per heavy atom. The smallest absolute Gasteiger partial charge is 0.322 e. The average molecular weight is 317 g/mol. The molecule has 7 nitrogen and oxygen atoms in total. The number of carbonyl (C=O) groups is 1. The second-order valence-electron chi connectivity index (χ2n) is 5.14. The molecule has 1 heterocycles. The van der Waals surface area contributed by atoms with Crippen molar-refractivity contribution in [3.8, 4) is 0 Å². The molecule has 0 aliphatic heterocycles. The van der Waals surface area contributed by atoms with Gasteiger partial charge >= 0.3 is 5.97 Å². The first-order valence-electron chi connectivity index (χ1n) is 6.94. The molecule has 2 atom stereocenters. The lowest BCUT2D eigenvalue weighted by Gasteiger charge is -2.20. The van der Waals surface area contributed by atoms with Gasteiger partial charge in [-0.25, -0.2) is 8.42 Å². The summed E-state index contributed by atoms with van der Waals surface area (Å²) in [7, 11) is -3.92. The van der Waals surface area contributed by atoms with Gasteiger partial charge in [-0.05, 0) is 26.7 Å². The third kappa shape index (κ3) is 3.62. The van der Waals surface area contributed by atoms with E-state index in [9.17, 15) is 18.3 Å². The SMILES string of the molecule is CCC(C)C(NS(=O)(=O)c1c(C)nn(CC)c1C)C(=O)O. The van der Waals surface area contributed by atoms with Crippen molar-refractivity contribution >= 4 is 16.0 Å². The number of aliphatic carboxylic acids is 1. The molecule has 1 aromatic rings. The molecular formula is C13H23N3O4S. The Labute approximate surface area is 125 Å². The zero-order valence-corrected chi connectivity index (χ0v) is 13.9. The summed E-state index contributed by atoms with van der Waals surface area (Å²) in [5, 5.41) is 13.4. The fourth-order valence-corrected chi connectivity index (χ4v) is 3.96. The molecule has 21 heavy (non-hydrogen) atoms. The summed E-state index contributed by atoms with van der Waals surface area (Å²) in [5.41, 5.74) is 0.880. The highest BCUT2D eigenvalue weighted by Crippen LogP contribution is 2.21. The van der Waals surface area contributed by atoms with Crippen LogP contribution in [0.1, 0.15) is 38.6 Å². The second kappa shape index (κ2) is 6.57. The lowest BCUT2D eigenvalue weighted by atomic mass is 10.0. The molecule has 0 fully saturated rings. The van der Waals surface area contributed by atoms with E-state index >= 15 is 0 Å². The maximum Gasteiger partial charge on any atom is 0.322 e. The van der Waals surface area contributed by atoms with Gasteiger partial charge in [0.15, 0.2) is 0 Å². The number of hydrogen-bond donors (Lipinski definition) is 2. The fraction of sp³-hybridized carbons (Fsp3) is 0.692. The molecule has 0 spiro atoms. The van der Waals surface area contributed by atoms with Gasteiger partial charge in [0.1, 0.15) is 10.9 Å². The van der Waals surface area contributed by atoms with Crippen molar-refractivity contribution in [3.63, 3.8) is 0 Å². The van der Waals surface area contributed by atoms with Gasteiger partial charge in [0.05, 0.1) is 11.4 Å². The van der Waals surface area contributed by atoms with Crippen LogP contribution in [0.5, 0.6) is 0 Å². The molecule has 0 saturated carbocycles. The van der Waals surface area contributed by atoms with E-state index in [1.54, 1.807) is 25.5 Å². The Bertz CT molecular complexity index is 622. The highest BCUT2D eigenvalue weighted by Gasteiger charge is 2.32. The van der Waals surface area contributed by atoms with Crippen molar-refractivity contribution in [2.75, 3.05) is 0 Å². The van der Waals surface area contributed by atoms with Crippen LogP contribution in [0, 0.1) is 19.8 Å². The molecular weight excluding hydrogens is 294 g/mol. The number of aromatic nitrogens is 2. The third-order valence-electron chi connectivity index (χ3n) is 3.64. The maximum atomic E-state index is 12.5. The second-order valence-corrected chi connectivity index (χ2v) is 6.79. The largest absolute Gasteiger partial charge is 0.480 e. The van der Waals surface area contributed by atoms with Crippen LogP contribution in [0.2, 0.25) is 0 Å². The topological polar surface area (TPSA) is 101 Å². The van der Waals surface area contributed by atoms with Crippen LogP contribution in [-0.2, 0) is 21.4 Å². The quantitative estimate of drug-likeness (QED) is 0.789. The summed E-state index contributed by atoms with van der Waals surface area (Å²) in [4.78, 5) is 11.4. The first-order chi connectivity index (χ1) is 9.65. The third-order valence-corrected chi connectivity index (χ3v) is 5.34. The fourth-order valence-electron chi connectivity index (χ4n) is 2.25. The number of nitrogens with one attached hydrogen (secondary N) is 1. The summed E-state index contributed by atoms with van der Waals surface area (Å²) in [5.74, 6) is -1.48. The number of hydrogen-bond acceptors (Lipinski definition) is 4. The normalized spacial score (nSPS) is 14.9. The minimum Gasteiger partial charge on any atom is -0.480 e. The predicted molar refractivity (Wildman–Crippen MR) is 78.6 cm³/mol. The number of aryl methyl sites for hydroxylation is 2. The lowest BCUT2D eigenvalue weighted by molar-refractivity contribution is -0.140. The van der Waals surface area contributed by atoms with E-state index in [1.807, 2.05) is 13.8 Å². The Hall–Kier alpha value is -1.41. The molecule has 2 N–H and O–H groups in total. The van der Waals surface area contributed by atoms with Crippen LogP contribution in [0.25, 0.3) is 0 Å². The van der Waals surface area contributed by atoms with Crippen LogP contribution in [0.15, 0.2) is 4.90 Å². The van der Waals surface area contributed by atoms with Crippen molar-refractivity contribution in [2.24, 2.45) is 5.92 Å². The van der Waals surface area contributed by atoms with E-state index < -0.39 is 22.0 Å². The highest BCUT2D eigenvalue weighted by molar-refractivity contribution is 7.89. The number of carboxylic acid groups (broad SMARTS) is 1. The van der Waals surface area contributed by atoms with Crippen molar-refractivity contribution in [2.45, 2.75) is 58.5 Å². The van der Waals surface area contributed by atoms with E-state index in [1.165, 1.54) is 0 Å². The average Bonchev–Trinajstić information content (AvgIpc) is 2.70. The molecule has 0 aliphatic carbocycles. The molecule has 2 unspecified atom stereocenters. The van der Waals surface area contributed by atoms with Gasteiger partial charge in [0.25, 0.3) is 0 Å². The van der Waals surface area contributed by atoms with Crippen LogP contribution < -0.4 is 4.72 Å². The van der Waals surface area contributed by atoms with Crippen molar-refractivity contribution < 1.29 is 18.3 Å². The Balaban J connectivity index is 3.23. The monoisotopic (exact) mass is 317 g/mol. The minimum atomic E-state index is -3.92. The van der Waals surface area contributed by atoms with E-state index in [0.717, 1.165) is 0 Å². The Kier molecular flexibility index (Phi) is 5.52. The van der Waals surface area contributed by atoms with Gasteiger partial charge in [0, 0.05) is 6.54 Å². The summed E-state index contributed by atoms with van der Waals surface area (Å²) in [6.45, 7) is 9.21.